The van der Waals surface area contributed by atoms with Crippen molar-refractivity contribution in [1.82, 2.24) is 4.31 Å². The number of amides is 1. The van der Waals surface area contributed by atoms with Crippen molar-refractivity contribution < 1.29 is 17.6 Å². The predicted molar refractivity (Wildman–Crippen MR) is 109 cm³/mol. The first-order valence-corrected chi connectivity index (χ1v) is 11.0. The smallest absolute Gasteiger partial charge is 0.291 e. The number of para-hydroxylation sites is 1. The van der Waals surface area contributed by atoms with Gasteiger partial charge < -0.3 is 9.73 Å². The normalized spacial score (nSPS) is 14.8. The third kappa shape index (κ3) is 3.68. The van der Waals surface area contributed by atoms with Crippen molar-refractivity contribution in [2.75, 3.05) is 17.6 Å². The summed E-state index contributed by atoms with van der Waals surface area (Å²) in [6.45, 7) is 2.70. The van der Waals surface area contributed by atoms with E-state index >= 15 is 0 Å². The Labute approximate surface area is 164 Å². The van der Waals surface area contributed by atoms with E-state index in [4.69, 9.17) is 4.42 Å². The van der Waals surface area contributed by atoms with Gasteiger partial charge in [0.05, 0.1) is 5.75 Å². The Balaban J connectivity index is 1.53. The first-order valence-electron chi connectivity index (χ1n) is 9.36. The van der Waals surface area contributed by atoms with Crippen molar-refractivity contribution in [3.8, 4) is 0 Å². The molecule has 1 aliphatic heterocycles. The zero-order chi connectivity index (χ0) is 19.7. The molecule has 6 nitrogen and oxygen atoms in total. The van der Waals surface area contributed by atoms with Crippen LogP contribution in [0.2, 0.25) is 0 Å². The van der Waals surface area contributed by atoms with Crippen LogP contribution in [0, 0.1) is 0 Å². The molecule has 0 aliphatic carbocycles. The summed E-state index contributed by atoms with van der Waals surface area (Å²) in [7, 11) is -3.24. The van der Waals surface area contributed by atoms with Crippen LogP contribution < -0.4 is 5.32 Å². The van der Waals surface area contributed by atoms with Gasteiger partial charge in [-0.15, -0.1) is 0 Å². The standard InChI is InChI=1S/C21H22N2O4S/c1-2-11-28(25,26)23-10-9-15-7-8-18(12-17(15)14-23)22-21(24)20-13-16-5-3-4-6-19(16)27-20/h3-8,12-13H,2,9-11,14H2,1H3,(H,22,24). The number of benzene rings is 2. The summed E-state index contributed by atoms with van der Waals surface area (Å²) < 4.78 is 31.9. The van der Waals surface area contributed by atoms with Crippen molar-refractivity contribution in [2.24, 2.45) is 0 Å². The molecule has 2 aromatic carbocycles. The summed E-state index contributed by atoms with van der Waals surface area (Å²) in [5, 5.41) is 3.72. The van der Waals surface area contributed by atoms with Gasteiger partial charge in [0, 0.05) is 24.2 Å². The van der Waals surface area contributed by atoms with Crippen LogP contribution in [-0.4, -0.2) is 30.9 Å². The molecule has 0 fully saturated rings. The number of rotatable bonds is 5. The van der Waals surface area contributed by atoms with Crippen LogP contribution in [0.4, 0.5) is 5.69 Å². The van der Waals surface area contributed by atoms with E-state index in [1.807, 2.05) is 49.4 Å². The Bertz CT molecular complexity index is 1100. The van der Waals surface area contributed by atoms with Crippen molar-refractivity contribution in [1.29, 1.82) is 0 Å². The molecule has 0 spiro atoms. The molecule has 7 heteroatoms. The largest absolute Gasteiger partial charge is 0.451 e. The summed E-state index contributed by atoms with van der Waals surface area (Å²) in [6, 6.07) is 14.8. The van der Waals surface area contributed by atoms with E-state index in [0.29, 0.717) is 37.2 Å². The predicted octanol–water partition coefficient (Wildman–Crippen LogP) is 3.78. The minimum Gasteiger partial charge on any atom is -0.451 e. The van der Waals surface area contributed by atoms with Crippen LogP contribution in [0.1, 0.15) is 35.0 Å². The summed E-state index contributed by atoms with van der Waals surface area (Å²) >= 11 is 0. The fourth-order valence-corrected chi connectivity index (χ4v) is 5.00. The lowest BCUT2D eigenvalue weighted by Crippen LogP contribution is -2.37. The van der Waals surface area contributed by atoms with Gasteiger partial charge in [-0.3, -0.25) is 4.79 Å². The van der Waals surface area contributed by atoms with E-state index in [1.54, 1.807) is 6.07 Å². The maximum absolute atomic E-state index is 12.5. The maximum atomic E-state index is 12.5. The number of nitrogens with zero attached hydrogens (tertiary/aromatic N) is 1. The number of carbonyl (C=O) groups excluding carboxylic acids is 1. The summed E-state index contributed by atoms with van der Waals surface area (Å²) in [4.78, 5) is 12.5. The maximum Gasteiger partial charge on any atom is 0.291 e. The van der Waals surface area contributed by atoms with Crippen molar-refractivity contribution in [3.05, 3.63) is 65.4 Å². The lowest BCUT2D eigenvalue weighted by Gasteiger charge is -2.28. The van der Waals surface area contributed by atoms with Crippen LogP contribution in [0.5, 0.6) is 0 Å². The van der Waals surface area contributed by atoms with Gasteiger partial charge >= 0.3 is 0 Å². The van der Waals surface area contributed by atoms with E-state index in [2.05, 4.69) is 5.32 Å². The molecule has 1 aliphatic rings. The number of hydrogen-bond acceptors (Lipinski definition) is 4. The summed E-state index contributed by atoms with van der Waals surface area (Å²) in [6.07, 6.45) is 1.27. The highest BCUT2D eigenvalue weighted by atomic mass is 32.2. The molecular formula is C21H22N2O4S. The molecular weight excluding hydrogens is 376 g/mol. The van der Waals surface area contributed by atoms with Crippen molar-refractivity contribution in [3.63, 3.8) is 0 Å². The van der Waals surface area contributed by atoms with E-state index in [1.165, 1.54) is 4.31 Å². The zero-order valence-corrected chi connectivity index (χ0v) is 16.5. The monoisotopic (exact) mass is 398 g/mol. The Morgan fingerprint density at radius 1 is 1.14 bits per heavy atom. The van der Waals surface area contributed by atoms with E-state index in [9.17, 15) is 13.2 Å². The highest BCUT2D eigenvalue weighted by Gasteiger charge is 2.26. The second-order valence-electron chi connectivity index (χ2n) is 6.99. The average Bonchev–Trinajstić information content (AvgIpc) is 3.12. The highest BCUT2D eigenvalue weighted by Crippen LogP contribution is 2.26. The molecule has 1 N–H and O–H groups in total. The SMILES string of the molecule is CCCS(=O)(=O)N1CCc2ccc(NC(=O)c3cc4ccccc4o3)cc2C1. The van der Waals surface area contributed by atoms with Gasteiger partial charge in [0.15, 0.2) is 5.76 Å². The molecule has 28 heavy (non-hydrogen) atoms. The van der Waals surface area contributed by atoms with Crippen molar-refractivity contribution >= 4 is 32.6 Å². The van der Waals surface area contributed by atoms with Gasteiger partial charge in [0.2, 0.25) is 10.0 Å². The molecule has 0 radical (unpaired) electrons. The van der Waals surface area contributed by atoms with Gasteiger partial charge in [0.25, 0.3) is 5.91 Å². The molecule has 0 saturated carbocycles. The number of furan rings is 1. The molecule has 0 saturated heterocycles. The number of sulfonamides is 1. The van der Waals surface area contributed by atoms with Crippen LogP contribution in [0.15, 0.2) is 52.9 Å². The Hall–Kier alpha value is -2.64. The summed E-state index contributed by atoms with van der Waals surface area (Å²) in [5.41, 5.74) is 3.33. The third-order valence-electron chi connectivity index (χ3n) is 4.95. The van der Waals surface area contributed by atoms with E-state index < -0.39 is 10.0 Å². The average molecular weight is 398 g/mol. The topological polar surface area (TPSA) is 79.6 Å². The fraction of sp³-hybridized carbons (Fsp3) is 0.286. The molecule has 4 rings (SSSR count). The Kier molecular flexibility index (Phi) is 4.95. The number of nitrogens with one attached hydrogen (secondary N) is 1. The number of hydrogen-bond donors (Lipinski definition) is 1. The Morgan fingerprint density at radius 2 is 1.96 bits per heavy atom. The van der Waals surface area contributed by atoms with Crippen LogP contribution in [0.25, 0.3) is 11.0 Å². The highest BCUT2D eigenvalue weighted by molar-refractivity contribution is 7.89. The first-order chi connectivity index (χ1) is 13.5. The minimum absolute atomic E-state index is 0.158. The molecule has 1 amide bonds. The second kappa shape index (κ2) is 7.41. The molecule has 2 heterocycles. The van der Waals surface area contributed by atoms with Crippen molar-refractivity contribution in [2.45, 2.75) is 26.3 Å². The zero-order valence-electron chi connectivity index (χ0n) is 15.6. The lowest BCUT2D eigenvalue weighted by atomic mass is 10.0. The number of anilines is 1. The fourth-order valence-electron chi connectivity index (χ4n) is 3.52. The van der Waals surface area contributed by atoms with Gasteiger partial charge in [-0.2, -0.15) is 4.31 Å². The van der Waals surface area contributed by atoms with E-state index in [0.717, 1.165) is 16.5 Å². The van der Waals surface area contributed by atoms with Gasteiger partial charge in [-0.25, -0.2) is 8.42 Å². The molecule has 146 valence electrons. The van der Waals surface area contributed by atoms with Gasteiger partial charge in [0.1, 0.15) is 5.58 Å². The van der Waals surface area contributed by atoms with Crippen LogP contribution in [-0.2, 0) is 23.0 Å². The number of fused-ring (bicyclic) bond motifs is 2. The summed E-state index contributed by atoms with van der Waals surface area (Å²) in [5.74, 6) is 0.0682. The van der Waals surface area contributed by atoms with Gasteiger partial charge in [-0.1, -0.05) is 31.2 Å². The van der Waals surface area contributed by atoms with Gasteiger partial charge in [-0.05, 0) is 48.2 Å². The Morgan fingerprint density at radius 3 is 2.75 bits per heavy atom. The molecule has 0 unspecified atom stereocenters. The van der Waals surface area contributed by atoms with Crippen LogP contribution in [0.3, 0.4) is 0 Å². The molecule has 1 aromatic heterocycles. The van der Waals surface area contributed by atoms with E-state index in [-0.39, 0.29) is 17.4 Å². The van der Waals surface area contributed by atoms with Crippen LogP contribution >= 0.6 is 0 Å². The minimum atomic E-state index is -3.24. The number of carbonyl (C=O) groups is 1. The molecule has 0 atom stereocenters. The lowest BCUT2D eigenvalue weighted by molar-refractivity contribution is 0.0998. The molecule has 3 aromatic rings. The first kappa shape index (κ1) is 18.7. The third-order valence-corrected chi connectivity index (χ3v) is 6.97. The second-order valence-corrected chi connectivity index (χ2v) is 9.07. The quantitative estimate of drug-likeness (QED) is 0.709. The molecule has 0 bridgehead atoms.